The maximum absolute atomic E-state index is 13.7. The van der Waals surface area contributed by atoms with E-state index in [2.05, 4.69) is 10.6 Å². The summed E-state index contributed by atoms with van der Waals surface area (Å²) in [5.74, 6) is -2.93. The van der Waals surface area contributed by atoms with Crippen molar-refractivity contribution in [1.29, 1.82) is 0 Å². The predicted octanol–water partition coefficient (Wildman–Crippen LogP) is 1.45. The average Bonchev–Trinajstić information content (AvgIpc) is 3.07. The summed E-state index contributed by atoms with van der Waals surface area (Å²) >= 11 is 0. The van der Waals surface area contributed by atoms with E-state index in [1.54, 1.807) is 0 Å². The SMILES string of the molecule is CN1CCC([C@@H](NC(=O)c2ccc3c(c2)CN(C2CCC(=O)NC2=O)C3=O)C(F)(F)F)CC1. The highest BCUT2D eigenvalue weighted by Gasteiger charge is 2.46. The lowest BCUT2D eigenvalue weighted by Gasteiger charge is -2.35. The van der Waals surface area contributed by atoms with Crippen molar-refractivity contribution in [3.63, 3.8) is 0 Å². The predicted molar refractivity (Wildman–Crippen MR) is 110 cm³/mol. The van der Waals surface area contributed by atoms with Crippen LogP contribution in [0.15, 0.2) is 18.2 Å². The van der Waals surface area contributed by atoms with Crippen LogP contribution in [-0.2, 0) is 16.1 Å². The van der Waals surface area contributed by atoms with Gasteiger partial charge in [-0.05, 0) is 69.1 Å². The van der Waals surface area contributed by atoms with Gasteiger partial charge in [-0.1, -0.05) is 0 Å². The minimum Gasteiger partial charge on any atom is -0.340 e. The summed E-state index contributed by atoms with van der Waals surface area (Å²) in [6.07, 6.45) is -3.60. The number of imide groups is 1. The van der Waals surface area contributed by atoms with Gasteiger partial charge in [-0.2, -0.15) is 13.2 Å². The van der Waals surface area contributed by atoms with E-state index in [0.717, 1.165) is 0 Å². The van der Waals surface area contributed by atoms with Gasteiger partial charge in [0.15, 0.2) is 0 Å². The van der Waals surface area contributed by atoms with Crippen LogP contribution < -0.4 is 10.6 Å². The molecule has 1 aromatic carbocycles. The normalized spacial score (nSPS) is 23.3. The first kappa shape index (κ1) is 23.2. The van der Waals surface area contributed by atoms with Gasteiger partial charge in [-0.3, -0.25) is 24.5 Å². The highest BCUT2D eigenvalue weighted by Crippen LogP contribution is 2.32. The quantitative estimate of drug-likeness (QED) is 0.655. The fourth-order valence-corrected chi connectivity index (χ4v) is 4.77. The molecule has 0 saturated carbocycles. The number of carbonyl (C=O) groups is 4. The van der Waals surface area contributed by atoms with Crippen LogP contribution in [0, 0.1) is 5.92 Å². The Kier molecular flexibility index (Phi) is 6.17. The van der Waals surface area contributed by atoms with E-state index in [1.807, 2.05) is 11.9 Å². The van der Waals surface area contributed by atoms with Gasteiger partial charge in [-0.25, -0.2) is 0 Å². The standard InChI is InChI=1S/C22H25F3N4O4/c1-28-8-6-12(7-9-28)18(22(23,24)25)27-19(31)13-2-3-15-14(10-13)11-29(21(15)33)16-4-5-17(30)26-20(16)32/h2-3,10,12,16,18H,4-9,11H2,1H3,(H,27,31)(H,26,30,32)/t16?,18-/m1/s1. The molecule has 2 atom stereocenters. The molecule has 178 valence electrons. The zero-order valence-electron chi connectivity index (χ0n) is 18.1. The number of halogens is 3. The third kappa shape index (κ3) is 4.73. The van der Waals surface area contributed by atoms with Crippen molar-refractivity contribution in [1.82, 2.24) is 20.4 Å². The van der Waals surface area contributed by atoms with Crippen molar-refractivity contribution < 1.29 is 32.3 Å². The number of piperidine rings is 2. The van der Waals surface area contributed by atoms with Crippen molar-refractivity contribution in [2.75, 3.05) is 20.1 Å². The minimum absolute atomic E-state index is 0.0221. The summed E-state index contributed by atoms with van der Waals surface area (Å²) in [4.78, 5) is 52.3. The molecule has 0 radical (unpaired) electrons. The van der Waals surface area contributed by atoms with E-state index in [-0.39, 0.29) is 24.9 Å². The molecular formula is C22H25F3N4O4. The van der Waals surface area contributed by atoms with Crippen LogP contribution in [-0.4, -0.2) is 71.8 Å². The van der Waals surface area contributed by atoms with Crippen molar-refractivity contribution in [3.05, 3.63) is 34.9 Å². The lowest BCUT2D eigenvalue weighted by Crippen LogP contribution is -2.52. The maximum Gasteiger partial charge on any atom is 0.408 e. The molecule has 1 aromatic rings. The maximum atomic E-state index is 13.7. The van der Waals surface area contributed by atoms with Gasteiger partial charge in [-0.15, -0.1) is 0 Å². The summed E-state index contributed by atoms with van der Waals surface area (Å²) < 4.78 is 41.2. The second-order valence-corrected chi connectivity index (χ2v) is 8.91. The Balaban J connectivity index is 1.49. The molecule has 8 nitrogen and oxygen atoms in total. The molecule has 4 rings (SSSR count). The van der Waals surface area contributed by atoms with Crippen LogP contribution in [0.3, 0.4) is 0 Å². The van der Waals surface area contributed by atoms with E-state index in [9.17, 15) is 32.3 Å². The van der Waals surface area contributed by atoms with Gasteiger partial charge in [0, 0.05) is 24.1 Å². The van der Waals surface area contributed by atoms with Crippen molar-refractivity contribution >= 4 is 23.6 Å². The molecule has 0 spiro atoms. The van der Waals surface area contributed by atoms with Crippen molar-refractivity contribution in [3.8, 4) is 0 Å². The molecule has 3 aliphatic heterocycles. The Morgan fingerprint density at radius 1 is 1.15 bits per heavy atom. The molecule has 2 N–H and O–H groups in total. The number of likely N-dealkylation sites (tertiary alicyclic amines) is 1. The van der Waals surface area contributed by atoms with Crippen LogP contribution in [0.5, 0.6) is 0 Å². The first-order chi connectivity index (χ1) is 15.5. The monoisotopic (exact) mass is 466 g/mol. The highest BCUT2D eigenvalue weighted by molar-refractivity contribution is 6.06. The number of hydrogen-bond acceptors (Lipinski definition) is 5. The van der Waals surface area contributed by atoms with Gasteiger partial charge < -0.3 is 15.1 Å². The van der Waals surface area contributed by atoms with E-state index >= 15 is 0 Å². The van der Waals surface area contributed by atoms with Gasteiger partial charge in [0.2, 0.25) is 11.8 Å². The fraction of sp³-hybridized carbons (Fsp3) is 0.545. The summed E-state index contributed by atoms with van der Waals surface area (Å²) in [6.45, 7) is 1.10. The molecule has 0 aromatic heterocycles. The Bertz CT molecular complexity index is 988. The lowest BCUT2D eigenvalue weighted by molar-refractivity contribution is -0.168. The number of benzene rings is 1. The fourth-order valence-electron chi connectivity index (χ4n) is 4.77. The lowest BCUT2D eigenvalue weighted by atomic mass is 9.89. The number of hydrogen-bond donors (Lipinski definition) is 2. The van der Waals surface area contributed by atoms with Gasteiger partial charge >= 0.3 is 6.18 Å². The van der Waals surface area contributed by atoms with E-state index < -0.39 is 47.8 Å². The third-order valence-corrected chi connectivity index (χ3v) is 6.66. The molecule has 2 saturated heterocycles. The Morgan fingerprint density at radius 2 is 1.85 bits per heavy atom. The Morgan fingerprint density at radius 3 is 2.48 bits per heavy atom. The molecular weight excluding hydrogens is 441 g/mol. The molecule has 2 fully saturated rings. The van der Waals surface area contributed by atoms with Gasteiger partial charge in [0.1, 0.15) is 12.1 Å². The Hall–Kier alpha value is -2.95. The minimum atomic E-state index is -4.58. The number of nitrogens with one attached hydrogen (secondary N) is 2. The Labute approximate surface area is 188 Å². The molecule has 3 heterocycles. The largest absolute Gasteiger partial charge is 0.408 e. The van der Waals surface area contributed by atoms with Crippen LogP contribution >= 0.6 is 0 Å². The molecule has 0 bridgehead atoms. The zero-order valence-corrected chi connectivity index (χ0v) is 18.1. The molecule has 11 heteroatoms. The second kappa shape index (κ2) is 8.77. The second-order valence-electron chi connectivity index (χ2n) is 8.91. The molecule has 0 aliphatic carbocycles. The first-order valence-electron chi connectivity index (χ1n) is 10.9. The summed E-state index contributed by atoms with van der Waals surface area (Å²) in [7, 11) is 1.85. The van der Waals surface area contributed by atoms with Crippen LogP contribution in [0.2, 0.25) is 0 Å². The molecule has 4 amide bonds. The summed E-state index contributed by atoms with van der Waals surface area (Å²) in [6, 6.07) is 1.36. The molecule has 3 aliphatic rings. The molecule has 33 heavy (non-hydrogen) atoms. The van der Waals surface area contributed by atoms with E-state index in [0.29, 0.717) is 37.1 Å². The van der Waals surface area contributed by atoms with Crippen LogP contribution in [0.4, 0.5) is 13.2 Å². The van der Waals surface area contributed by atoms with Crippen molar-refractivity contribution in [2.24, 2.45) is 5.92 Å². The number of rotatable bonds is 4. The topological polar surface area (TPSA) is 98.8 Å². The third-order valence-electron chi connectivity index (χ3n) is 6.66. The number of alkyl halides is 3. The van der Waals surface area contributed by atoms with Crippen molar-refractivity contribution in [2.45, 2.75) is 50.5 Å². The van der Waals surface area contributed by atoms with Crippen LogP contribution in [0.1, 0.15) is 52.0 Å². The average molecular weight is 466 g/mol. The van der Waals surface area contributed by atoms with E-state index in [1.165, 1.54) is 23.1 Å². The highest BCUT2D eigenvalue weighted by atomic mass is 19.4. The summed E-state index contributed by atoms with van der Waals surface area (Å²) in [5, 5.41) is 4.37. The number of nitrogens with zero attached hydrogens (tertiary/aromatic N) is 2. The zero-order chi connectivity index (χ0) is 23.9. The van der Waals surface area contributed by atoms with Gasteiger partial charge in [0.25, 0.3) is 11.8 Å². The van der Waals surface area contributed by atoms with Gasteiger partial charge in [0.05, 0.1) is 0 Å². The smallest absolute Gasteiger partial charge is 0.340 e. The molecule has 1 unspecified atom stereocenters. The number of fused-ring (bicyclic) bond motifs is 1. The first-order valence-corrected chi connectivity index (χ1v) is 10.9. The summed E-state index contributed by atoms with van der Waals surface area (Å²) in [5.41, 5.74) is 0.771. The van der Waals surface area contributed by atoms with E-state index in [4.69, 9.17) is 0 Å². The van der Waals surface area contributed by atoms with Crippen LogP contribution in [0.25, 0.3) is 0 Å². The number of amides is 4. The number of carbonyl (C=O) groups excluding carboxylic acids is 4.